The molecule has 124 valence electrons. The normalized spacial score (nSPS) is 17.9. The summed E-state index contributed by atoms with van der Waals surface area (Å²) in [6.07, 6.45) is 0.382. The summed E-state index contributed by atoms with van der Waals surface area (Å²) in [4.78, 5) is 14.2. The molecule has 1 aliphatic rings. The van der Waals surface area contributed by atoms with Crippen LogP contribution in [0, 0.1) is 5.82 Å². The van der Waals surface area contributed by atoms with Gasteiger partial charge in [-0.3, -0.25) is 4.79 Å². The van der Waals surface area contributed by atoms with Crippen LogP contribution in [-0.4, -0.2) is 42.6 Å². The molecule has 0 bridgehead atoms. The lowest BCUT2D eigenvalue weighted by molar-refractivity contribution is -0.134. The average Bonchev–Trinajstić information content (AvgIpc) is 2.47. The van der Waals surface area contributed by atoms with Crippen molar-refractivity contribution in [2.24, 2.45) is 0 Å². The molecule has 1 aromatic carbocycles. The zero-order chi connectivity index (χ0) is 15.2. The Morgan fingerprint density at radius 2 is 2.18 bits per heavy atom. The van der Waals surface area contributed by atoms with Crippen molar-refractivity contribution in [3.8, 4) is 0 Å². The maximum absolute atomic E-state index is 13.8. The fourth-order valence-corrected chi connectivity index (χ4v) is 2.45. The highest BCUT2D eigenvalue weighted by Gasteiger charge is 2.23. The molecule has 6 heteroatoms. The third kappa shape index (κ3) is 5.23. The van der Waals surface area contributed by atoms with Crippen LogP contribution in [0.3, 0.4) is 0 Å². The Balaban J connectivity index is 0.00000242. The first kappa shape index (κ1) is 18.9. The molecule has 0 aliphatic carbocycles. The smallest absolute Gasteiger partial charge is 0.224 e. The van der Waals surface area contributed by atoms with Crippen molar-refractivity contribution in [3.05, 3.63) is 35.6 Å². The zero-order valence-electron chi connectivity index (χ0n) is 13.0. The Bertz CT molecular complexity index is 479. The maximum Gasteiger partial charge on any atom is 0.224 e. The van der Waals surface area contributed by atoms with Crippen LogP contribution in [-0.2, 0) is 16.1 Å². The minimum absolute atomic E-state index is 0. The van der Waals surface area contributed by atoms with E-state index in [0.29, 0.717) is 31.7 Å². The van der Waals surface area contributed by atoms with Crippen LogP contribution in [0.25, 0.3) is 0 Å². The summed E-state index contributed by atoms with van der Waals surface area (Å²) in [5, 5.41) is 3.27. The summed E-state index contributed by atoms with van der Waals surface area (Å²) in [6, 6.07) is 6.67. The predicted molar refractivity (Wildman–Crippen MR) is 86.6 cm³/mol. The monoisotopic (exact) mass is 330 g/mol. The lowest BCUT2D eigenvalue weighted by Crippen LogP contribution is -2.46. The van der Waals surface area contributed by atoms with E-state index in [1.807, 2.05) is 13.8 Å². The van der Waals surface area contributed by atoms with Crippen molar-refractivity contribution in [1.29, 1.82) is 0 Å². The lowest BCUT2D eigenvalue weighted by atomic mass is 10.1. The van der Waals surface area contributed by atoms with E-state index in [4.69, 9.17) is 4.74 Å². The van der Waals surface area contributed by atoms with E-state index in [9.17, 15) is 9.18 Å². The van der Waals surface area contributed by atoms with E-state index >= 15 is 0 Å². The van der Waals surface area contributed by atoms with Crippen LogP contribution < -0.4 is 5.32 Å². The van der Waals surface area contributed by atoms with Crippen molar-refractivity contribution < 1.29 is 13.9 Å². The van der Waals surface area contributed by atoms with Gasteiger partial charge in [0, 0.05) is 37.2 Å². The number of morpholine rings is 1. The molecule has 0 radical (unpaired) electrons. The number of halogens is 2. The van der Waals surface area contributed by atoms with Gasteiger partial charge >= 0.3 is 0 Å². The van der Waals surface area contributed by atoms with Gasteiger partial charge in [0.05, 0.1) is 13.2 Å². The number of hydrogen-bond donors (Lipinski definition) is 1. The Morgan fingerprint density at radius 1 is 1.45 bits per heavy atom. The summed E-state index contributed by atoms with van der Waals surface area (Å²) in [7, 11) is 0. The molecule has 1 unspecified atom stereocenters. The van der Waals surface area contributed by atoms with Crippen LogP contribution in [0.2, 0.25) is 0 Å². The highest BCUT2D eigenvalue weighted by Crippen LogP contribution is 2.14. The van der Waals surface area contributed by atoms with Crippen molar-refractivity contribution in [2.45, 2.75) is 38.9 Å². The third-order valence-electron chi connectivity index (χ3n) is 3.66. The SMILES string of the molecule is CC(C)N(Cc1ccccc1F)C(=O)CC1COCCN1.Cl. The molecule has 2 rings (SSSR count). The minimum atomic E-state index is -0.268. The van der Waals surface area contributed by atoms with Crippen molar-refractivity contribution in [3.63, 3.8) is 0 Å². The Labute approximate surface area is 137 Å². The highest BCUT2D eigenvalue weighted by molar-refractivity contribution is 5.85. The summed E-state index contributed by atoms with van der Waals surface area (Å²) >= 11 is 0. The predicted octanol–water partition coefficient (Wildman–Crippen LogP) is 2.36. The first-order valence-corrected chi connectivity index (χ1v) is 7.42. The fraction of sp³-hybridized carbons (Fsp3) is 0.562. The second kappa shape index (κ2) is 9.08. The summed E-state index contributed by atoms with van der Waals surface area (Å²) in [5.41, 5.74) is 0.549. The van der Waals surface area contributed by atoms with E-state index in [1.54, 1.807) is 23.1 Å². The van der Waals surface area contributed by atoms with E-state index in [1.165, 1.54) is 6.07 Å². The number of carbonyl (C=O) groups is 1. The molecule has 1 amide bonds. The van der Waals surface area contributed by atoms with Gasteiger partial charge in [-0.25, -0.2) is 4.39 Å². The number of benzene rings is 1. The Hall–Kier alpha value is -1.17. The van der Waals surface area contributed by atoms with E-state index < -0.39 is 0 Å². The molecule has 1 aliphatic heterocycles. The average molecular weight is 331 g/mol. The summed E-state index contributed by atoms with van der Waals surface area (Å²) < 4.78 is 19.1. The minimum Gasteiger partial charge on any atom is -0.378 e. The first-order valence-electron chi connectivity index (χ1n) is 7.42. The first-order chi connectivity index (χ1) is 10.1. The second-order valence-corrected chi connectivity index (χ2v) is 5.64. The van der Waals surface area contributed by atoms with Gasteiger partial charge < -0.3 is 15.0 Å². The van der Waals surface area contributed by atoms with E-state index in [0.717, 1.165) is 6.54 Å². The molecule has 22 heavy (non-hydrogen) atoms. The van der Waals surface area contributed by atoms with Crippen molar-refractivity contribution in [2.75, 3.05) is 19.8 Å². The molecule has 1 aromatic rings. The summed E-state index contributed by atoms with van der Waals surface area (Å²) in [6.45, 7) is 6.21. The van der Waals surface area contributed by atoms with Gasteiger partial charge in [-0.15, -0.1) is 12.4 Å². The molecule has 1 atom stereocenters. The van der Waals surface area contributed by atoms with E-state index in [2.05, 4.69) is 5.32 Å². The van der Waals surface area contributed by atoms with Crippen molar-refractivity contribution >= 4 is 18.3 Å². The van der Waals surface area contributed by atoms with Gasteiger partial charge in [0.25, 0.3) is 0 Å². The number of ether oxygens (including phenoxy) is 1. The zero-order valence-corrected chi connectivity index (χ0v) is 13.9. The molecule has 0 spiro atoms. The standard InChI is InChI=1S/C16H23FN2O2.ClH/c1-12(2)19(10-13-5-3-4-6-15(13)17)16(20)9-14-11-21-8-7-18-14;/h3-6,12,14,18H,7-11H2,1-2H3;1H. The van der Waals surface area contributed by atoms with Gasteiger partial charge in [0.15, 0.2) is 0 Å². The fourth-order valence-electron chi connectivity index (χ4n) is 2.45. The molecular formula is C16H24ClFN2O2. The molecule has 0 aromatic heterocycles. The highest BCUT2D eigenvalue weighted by atomic mass is 35.5. The van der Waals surface area contributed by atoms with Crippen LogP contribution in [0.1, 0.15) is 25.8 Å². The van der Waals surface area contributed by atoms with Crippen LogP contribution in [0.5, 0.6) is 0 Å². The Morgan fingerprint density at radius 3 is 2.77 bits per heavy atom. The van der Waals surface area contributed by atoms with Crippen molar-refractivity contribution in [1.82, 2.24) is 10.2 Å². The molecular weight excluding hydrogens is 307 g/mol. The van der Waals surface area contributed by atoms with Gasteiger partial charge in [-0.1, -0.05) is 18.2 Å². The van der Waals surface area contributed by atoms with Crippen LogP contribution in [0.15, 0.2) is 24.3 Å². The van der Waals surface area contributed by atoms with Gasteiger partial charge in [-0.2, -0.15) is 0 Å². The number of rotatable bonds is 5. The summed E-state index contributed by atoms with van der Waals surface area (Å²) in [5.74, 6) is -0.244. The molecule has 0 saturated carbocycles. The largest absolute Gasteiger partial charge is 0.378 e. The molecule has 1 N–H and O–H groups in total. The Kier molecular flexibility index (Phi) is 7.79. The quantitative estimate of drug-likeness (QED) is 0.901. The van der Waals surface area contributed by atoms with Gasteiger partial charge in [0.1, 0.15) is 5.82 Å². The molecule has 4 nitrogen and oxygen atoms in total. The number of carbonyl (C=O) groups excluding carboxylic acids is 1. The topological polar surface area (TPSA) is 41.6 Å². The van der Waals surface area contributed by atoms with Gasteiger partial charge in [0.2, 0.25) is 5.91 Å². The van der Waals surface area contributed by atoms with E-state index in [-0.39, 0.29) is 36.2 Å². The molecule has 1 saturated heterocycles. The maximum atomic E-state index is 13.8. The number of nitrogens with zero attached hydrogens (tertiary/aromatic N) is 1. The number of hydrogen-bond acceptors (Lipinski definition) is 3. The number of amides is 1. The molecule has 1 heterocycles. The second-order valence-electron chi connectivity index (χ2n) is 5.64. The van der Waals surface area contributed by atoms with Crippen LogP contribution in [0.4, 0.5) is 4.39 Å². The van der Waals surface area contributed by atoms with Crippen LogP contribution >= 0.6 is 12.4 Å². The molecule has 1 fully saturated rings. The third-order valence-corrected chi connectivity index (χ3v) is 3.66. The number of nitrogens with one attached hydrogen (secondary N) is 1. The van der Waals surface area contributed by atoms with Gasteiger partial charge in [-0.05, 0) is 19.9 Å². The lowest BCUT2D eigenvalue weighted by Gasteiger charge is -2.30.